The number of carbonyl (C=O) groups is 2. The van der Waals surface area contributed by atoms with Gasteiger partial charge < -0.3 is 14.8 Å². The van der Waals surface area contributed by atoms with Crippen LogP contribution in [0.5, 0.6) is 11.5 Å². The molecule has 6 nitrogen and oxygen atoms in total. The second kappa shape index (κ2) is 4.91. The van der Waals surface area contributed by atoms with Crippen LogP contribution < -0.4 is 14.8 Å². The van der Waals surface area contributed by atoms with Crippen LogP contribution in [0.3, 0.4) is 0 Å². The van der Waals surface area contributed by atoms with E-state index in [4.69, 9.17) is 9.47 Å². The first kappa shape index (κ1) is 14.2. The number of benzene rings is 1. The second-order valence-electron chi connectivity index (χ2n) is 5.53. The first-order valence-corrected chi connectivity index (χ1v) is 7.40. The Morgan fingerprint density at radius 2 is 1.86 bits per heavy atom. The molecule has 1 aromatic rings. The van der Waals surface area contributed by atoms with Gasteiger partial charge in [-0.1, -0.05) is 15.9 Å². The summed E-state index contributed by atoms with van der Waals surface area (Å²) in [5.41, 5.74) is -0.0716. The summed E-state index contributed by atoms with van der Waals surface area (Å²) in [5.74, 6) is 1.05. The molecule has 0 aliphatic carbocycles. The minimum Gasteiger partial charge on any atom is -0.486 e. The molecule has 112 valence electrons. The molecule has 21 heavy (non-hydrogen) atoms. The lowest BCUT2D eigenvalue weighted by Crippen LogP contribution is -2.40. The van der Waals surface area contributed by atoms with Gasteiger partial charge in [0.15, 0.2) is 11.5 Å². The molecule has 3 rings (SSSR count). The topological polar surface area (TPSA) is 67.9 Å². The van der Waals surface area contributed by atoms with Gasteiger partial charge in [0.1, 0.15) is 18.8 Å². The zero-order valence-corrected chi connectivity index (χ0v) is 13.3. The lowest BCUT2D eigenvalue weighted by Gasteiger charge is -2.21. The first-order valence-electron chi connectivity index (χ1n) is 6.60. The number of amides is 3. The van der Waals surface area contributed by atoms with Crippen molar-refractivity contribution in [2.24, 2.45) is 0 Å². The summed E-state index contributed by atoms with van der Waals surface area (Å²) in [6.07, 6.45) is 0. The van der Waals surface area contributed by atoms with Gasteiger partial charge in [-0.3, -0.25) is 9.69 Å². The van der Waals surface area contributed by atoms with Gasteiger partial charge in [0.25, 0.3) is 5.91 Å². The lowest BCUT2D eigenvalue weighted by atomic mass is 10.1. The van der Waals surface area contributed by atoms with Crippen LogP contribution in [0.2, 0.25) is 0 Å². The summed E-state index contributed by atoms with van der Waals surface area (Å²) in [6.45, 7) is 4.56. The normalized spacial score (nSPS) is 19.7. The van der Waals surface area contributed by atoms with Crippen LogP contribution in [0.15, 0.2) is 16.6 Å². The number of hydrogen-bond acceptors (Lipinski definition) is 4. The van der Waals surface area contributed by atoms with E-state index in [-0.39, 0.29) is 18.5 Å². The second-order valence-corrected chi connectivity index (χ2v) is 6.39. The summed E-state index contributed by atoms with van der Waals surface area (Å²) in [6, 6.07) is 3.21. The van der Waals surface area contributed by atoms with E-state index in [1.807, 2.05) is 0 Å². The quantitative estimate of drug-likeness (QED) is 0.825. The fourth-order valence-corrected chi connectivity index (χ4v) is 2.81. The van der Waals surface area contributed by atoms with Crippen LogP contribution in [0.1, 0.15) is 19.4 Å². The molecule has 0 spiro atoms. The molecular formula is C14H15BrN2O4. The van der Waals surface area contributed by atoms with E-state index in [1.54, 1.807) is 26.0 Å². The van der Waals surface area contributed by atoms with Gasteiger partial charge in [-0.2, -0.15) is 0 Å². The Bertz CT molecular complexity index is 630. The summed E-state index contributed by atoms with van der Waals surface area (Å²) >= 11 is 3.45. The number of fused-ring (bicyclic) bond motifs is 1. The van der Waals surface area contributed by atoms with E-state index < -0.39 is 5.54 Å². The number of ether oxygens (including phenoxy) is 2. The fraction of sp³-hybridized carbons (Fsp3) is 0.429. The molecule has 0 radical (unpaired) electrons. The molecule has 7 heteroatoms. The minimum absolute atomic E-state index is 0.186. The summed E-state index contributed by atoms with van der Waals surface area (Å²) in [4.78, 5) is 25.3. The monoisotopic (exact) mass is 354 g/mol. The Hall–Kier alpha value is -1.76. The maximum atomic E-state index is 12.2. The number of halogens is 1. The molecule has 0 atom stereocenters. The molecule has 0 bridgehead atoms. The Kier molecular flexibility index (Phi) is 3.32. The molecule has 1 fully saturated rings. The number of nitrogens with zero attached hydrogens (tertiary/aromatic N) is 1. The van der Waals surface area contributed by atoms with Crippen LogP contribution in [0.25, 0.3) is 0 Å². The van der Waals surface area contributed by atoms with Crippen LogP contribution in [0, 0.1) is 0 Å². The number of imide groups is 1. The van der Waals surface area contributed by atoms with Crippen LogP contribution in [-0.4, -0.2) is 35.6 Å². The summed E-state index contributed by atoms with van der Waals surface area (Å²) in [5, 5.41) is 2.66. The van der Waals surface area contributed by atoms with Gasteiger partial charge >= 0.3 is 6.03 Å². The van der Waals surface area contributed by atoms with Gasteiger partial charge in [0.05, 0.1) is 6.54 Å². The molecule has 0 aromatic heterocycles. The maximum absolute atomic E-state index is 12.2. The van der Waals surface area contributed by atoms with Crippen molar-refractivity contribution in [3.05, 3.63) is 22.2 Å². The zero-order chi connectivity index (χ0) is 15.2. The average molecular weight is 355 g/mol. The van der Waals surface area contributed by atoms with Crippen LogP contribution in [0.4, 0.5) is 4.79 Å². The molecule has 2 aliphatic heterocycles. The third kappa shape index (κ3) is 2.46. The zero-order valence-electron chi connectivity index (χ0n) is 11.7. The number of rotatable bonds is 2. The van der Waals surface area contributed by atoms with Crippen molar-refractivity contribution < 1.29 is 19.1 Å². The summed E-state index contributed by atoms with van der Waals surface area (Å²) in [7, 11) is 0. The van der Waals surface area contributed by atoms with Crippen molar-refractivity contribution in [3.8, 4) is 11.5 Å². The van der Waals surface area contributed by atoms with E-state index in [9.17, 15) is 9.59 Å². The highest BCUT2D eigenvalue weighted by Crippen LogP contribution is 2.36. The Balaban J connectivity index is 1.88. The Morgan fingerprint density at radius 3 is 2.43 bits per heavy atom. The van der Waals surface area contributed by atoms with Gasteiger partial charge in [-0.25, -0.2) is 4.79 Å². The Morgan fingerprint density at radius 1 is 1.24 bits per heavy atom. The predicted molar refractivity (Wildman–Crippen MR) is 78.3 cm³/mol. The number of carbonyl (C=O) groups excluding carboxylic acids is 2. The lowest BCUT2D eigenvalue weighted by molar-refractivity contribution is -0.130. The summed E-state index contributed by atoms with van der Waals surface area (Å²) < 4.78 is 11.8. The average Bonchev–Trinajstić information content (AvgIpc) is 2.61. The molecule has 1 N–H and O–H groups in total. The Labute approximate surface area is 130 Å². The molecular weight excluding hydrogens is 340 g/mol. The molecule has 0 saturated carbocycles. The van der Waals surface area contributed by atoms with E-state index in [1.165, 1.54) is 4.90 Å². The largest absolute Gasteiger partial charge is 0.486 e. The predicted octanol–water partition coefficient (Wildman–Crippen LogP) is 2.05. The van der Waals surface area contributed by atoms with Gasteiger partial charge in [-0.15, -0.1) is 0 Å². The van der Waals surface area contributed by atoms with Crippen LogP contribution in [-0.2, 0) is 11.3 Å². The number of urea groups is 1. The highest BCUT2D eigenvalue weighted by molar-refractivity contribution is 9.10. The smallest absolute Gasteiger partial charge is 0.325 e. The van der Waals surface area contributed by atoms with Crippen molar-refractivity contribution in [2.45, 2.75) is 25.9 Å². The van der Waals surface area contributed by atoms with Crippen molar-refractivity contribution in [3.63, 3.8) is 0 Å². The van der Waals surface area contributed by atoms with Gasteiger partial charge in [-0.05, 0) is 31.5 Å². The number of hydrogen-bond donors (Lipinski definition) is 1. The minimum atomic E-state index is -0.864. The van der Waals surface area contributed by atoms with Gasteiger partial charge in [0, 0.05) is 4.47 Å². The van der Waals surface area contributed by atoms with Crippen molar-refractivity contribution in [1.29, 1.82) is 0 Å². The first-order chi connectivity index (χ1) is 9.88. The highest BCUT2D eigenvalue weighted by atomic mass is 79.9. The van der Waals surface area contributed by atoms with E-state index in [0.717, 1.165) is 10.0 Å². The standard InChI is InChI=1S/C14H15BrN2O4/c1-14(2)12(18)17(13(19)16-14)7-8-5-10-11(6-9(8)15)21-4-3-20-10/h5-6H,3-4,7H2,1-2H3,(H,16,19). The van der Waals surface area contributed by atoms with Crippen molar-refractivity contribution in [1.82, 2.24) is 10.2 Å². The molecule has 2 aliphatic rings. The van der Waals surface area contributed by atoms with Crippen molar-refractivity contribution in [2.75, 3.05) is 13.2 Å². The molecule has 3 amide bonds. The van der Waals surface area contributed by atoms with Crippen LogP contribution >= 0.6 is 15.9 Å². The van der Waals surface area contributed by atoms with E-state index in [0.29, 0.717) is 24.7 Å². The molecule has 1 saturated heterocycles. The molecule has 1 aromatic carbocycles. The fourth-order valence-electron chi connectivity index (χ4n) is 2.36. The van der Waals surface area contributed by atoms with Crippen molar-refractivity contribution >= 4 is 27.9 Å². The molecule has 2 heterocycles. The maximum Gasteiger partial charge on any atom is 0.325 e. The SMILES string of the molecule is CC1(C)NC(=O)N(Cc2cc3c(cc2Br)OCCO3)C1=O. The van der Waals surface area contributed by atoms with Gasteiger partial charge in [0.2, 0.25) is 0 Å². The third-order valence-corrected chi connectivity index (χ3v) is 4.22. The third-order valence-electron chi connectivity index (χ3n) is 3.48. The number of nitrogens with one attached hydrogen (secondary N) is 1. The highest BCUT2D eigenvalue weighted by Gasteiger charge is 2.44. The van der Waals surface area contributed by atoms with E-state index >= 15 is 0 Å². The molecule has 0 unspecified atom stereocenters. The van der Waals surface area contributed by atoms with E-state index in [2.05, 4.69) is 21.2 Å².